The molecule has 2 aliphatic rings. The van der Waals surface area contributed by atoms with Gasteiger partial charge in [0.05, 0.1) is 0 Å². The minimum absolute atomic E-state index is 1.18. The highest BCUT2D eigenvalue weighted by Crippen LogP contribution is 2.35. The summed E-state index contributed by atoms with van der Waals surface area (Å²) in [6, 6.07) is 0. The summed E-state index contributed by atoms with van der Waals surface area (Å²) in [5.74, 6) is 0. The third-order valence-electron chi connectivity index (χ3n) is 1.79. The first-order valence-corrected chi connectivity index (χ1v) is 5.68. The van der Waals surface area contributed by atoms with Gasteiger partial charge in [0.15, 0.2) is 0 Å². The van der Waals surface area contributed by atoms with E-state index in [0.29, 0.717) is 0 Å². The van der Waals surface area contributed by atoms with E-state index >= 15 is 0 Å². The fraction of sp³-hybridized carbons (Fsp3) is 0.200. The van der Waals surface area contributed by atoms with Gasteiger partial charge in [-0.1, -0.05) is 30.0 Å². The largest absolute Gasteiger partial charge is 0.104 e. The molecule has 0 aromatic carbocycles. The number of hydrogen-bond acceptors (Lipinski definition) is 2. The summed E-state index contributed by atoms with van der Waals surface area (Å²) in [7, 11) is 0. The molecule has 0 saturated carbocycles. The van der Waals surface area contributed by atoms with Gasteiger partial charge in [-0.3, -0.25) is 0 Å². The van der Waals surface area contributed by atoms with Crippen molar-refractivity contribution in [1.29, 1.82) is 0 Å². The van der Waals surface area contributed by atoms with E-state index in [1.165, 1.54) is 23.3 Å². The van der Waals surface area contributed by atoms with Gasteiger partial charge in [0.2, 0.25) is 0 Å². The van der Waals surface area contributed by atoms with Gasteiger partial charge in [0, 0.05) is 10.3 Å². The summed E-state index contributed by atoms with van der Waals surface area (Å²) in [5, 5.41) is 7.35. The molecule has 0 aromatic heterocycles. The lowest BCUT2D eigenvalue weighted by molar-refractivity contribution is 0.987. The summed E-state index contributed by atoms with van der Waals surface area (Å²) in [6.45, 7) is 0. The molecule has 0 aromatic rings. The van der Waals surface area contributed by atoms with Gasteiger partial charge in [0.25, 0.3) is 0 Å². The van der Waals surface area contributed by atoms with E-state index in [-0.39, 0.29) is 0 Å². The Balaban J connectivity index is 2.13. The van der Waals surface area contributed by atoms with Crippen molar-refractivity contribution in [2.45, 2.75) is 12.8 Å². The van der Waals surface area contributed by atoms with Crippen molar-refractivity contribution >= 4 is 23.5 Å². The van der Waals surface area contributed by atoms with Crippen molar-refractivity contribution in [3.63, 3.8) is 0 Å². The van der Waals surface area contributed by atoms with Crippen LogP contribution >= 0.6 is 23.5 Å². The van der Waals surface area contributed by atoms with E-state index in [1.807, 2.05) is 5.41 Å². The van der Waals surface area contributed by atoms with Crippen molar-refractivity contribution in [3.05, 3.63) is 44.9 Å². The molecule has 0 amide bonds. The third-order valence-corrected chi connectivity index (χ3v) is 3.55. The molecular formula is C10H9S2. The van der Waals surface area contributed by atoms with Crippen molar-refractivity contribution in [2.24, 2.45) is 0 Å². The molecule has 0 bridgehead atoms. The molecule has 61 valence electrons. The summed E-state index contributed by atoms with van der Waals surface area (Å²) in [5.41, 5.74) is 1.45. The zero-order valence-electron chi connectivity index (χ0n) is 6.62. The van der Waals surface area contributed by atoms with Crippen LogP contribution in [0.1, 0.15) is 12.8 Å². The van der Waals surface area contributed by atoms with Crippen LogP contribution in [0.5, 0.6) is 0 Å². The maximum atomic E-state index is 3.15. The Morgan fingerprint density at radius 3 is 3.08 bits per heavy atom. The number of hydrogen-bond donors (Lipinski definition) is 0. The molecule has 1 heterocycles. The monoisotopic (exact) mass is 193 g/mol. The van der Waals surface area contributed by atoms with E-state index in [0.717, 1.165) is 0 Å². The second-order valence-electron chi connectivity index (χ2n) is 2.61. The van der Waals surface area contributed by atoms with Crippen LogP contribution in [0.3, 0.4) is 0 Å². The number of thioether (sulfide) groups is 2. The molecule has 1 aliphatic heterocycles. The lowest BCUT2D eigenvalue weighted by Crippen LogP contribution is -1.89. The molecule has 0 atom stereocenters. The molecule has 0 nitrogen and oxygen atoms in total. The molecule has 1 aliphatic carbocycles. The fourth-order valence-corrected chi connectivity index (χ4v) is 2.73. The van der Waals surface area contributed by atoms with Gasteiger partial charge in [-0.2, -0.15) is 0 Å². The second-order valence-corrected chi connectivity index (χ2v) is 4.24. The third kappa shape index (κ3) is 1.87. The molecule has 2 heteroatoms. The standard InChI is InChI=1S/C10H9S2/c1-2-4-9(5-3-1)10-8-11-6-7-12-10/h1-2,4,6,8H,3,5H2. The summed E-state index contributed by atoms with van der Waals surface area (Å²) in [4.78, 5) is 1.37. The van der Waals surface area contributed by atoms with Crippen LogP contribution in [0.25, 0.3) is 0 Å². The van der Waals surface area contributed by atoms with Crippen LogP contribution in [0, 0.1) is 5.41 Å². The normalized spacial score (nSPS) is 22.0. The van der Waals surface area contributed by atoms with Gasteiger partial charge in [0.1, 0.15) is 0 Å². The van der Waals surface area contributed by atoms with Gasteiger partial charge in [-0.05, 0) is 29.2 Å². The molecule has 12 heavy (non-hydrogen) atoms. The fourth-order valence-electron chi connectivity index (χ4n) is 1.18. The van der Waals surface area contributed by atoms with Crippen LogP contribution < -0.4 is 0 Å². The highest BCUT2D eigenvalue weighted by molar-refractivity contribution is 8.11. The number of allylic oxidation sites excluding steroid dienone is 4. The Hall–Kier alpha value is -0.340. The average Bonchev–Trinajstić information content (AvgIpc) is 2.21. The zero-order chi connectivity index (χ0) is 8.23. The van der Waals surface area contributed by atoms with E-state index < -0.39 is 0 Å². The van der Waals surface area contributed by atoms with Crippen molar-refractivity contribution in [1.82, 2.24) is 0 Å². The smallest absolute Gasteiger partial charge is 0.0333 e. The van der Waals surface area contributed by atoms with Gasteiger partial charge < -0.3 is 0 Å². The minimum atomic E-state index is 1.18. The Morgan fingerprint density at radius 2 is 2.42 bits per heavy atom. The minimum Gasteiger partial charge on any atom is -0.104 e. The predicted molar refractivity (Wildman–Crippen MR) is 57.5 cm³/mol. The van der Waals surface area contributed by atoms with Crippen molar-refractivity contribution in [2.75, 3.05) is 0 Å². The molecule has 0 spiro atoms. The second kappa shape index (κ2) is 4.06. The SMILES string of the molecule is [C]1=CSC=C(C2=CC=CCC2)S1. The Bertz CT molecular complexity index is 282. The molecule has 0 fully saturated rings. The Kier molecular flexibility index (Phi) is 2.79. The highest BCUT2D eigenvalue weighted by atomic mass is 32.2. The van der Waals surface area contributed by atoms with Crippen molar-refractivity contribution in [3.8, 4) is 0 Å². The average molecular weight is 193 g/mol. The summed E-state index contributed by atoms with van der Waals surface area (Å²) < 4.78 is 0. The van der Waals surface area contributed by atoms with Crippen molar-refractivity contribution < 1.29 is 0 Å². The van der Waals surface area contributed by atoms with Crippen LogP contribution in [-0.4, -0.2) is 0 Å². The predicted octanol–water partition coefficient (Wildman–Crippen LogP) is 3.86. The molecule has 2 rings (SSSR count). The van der Waals surface area contributed by atoms with Gasteiger partial charge in [-0.25, -0.2) is 0 Å². The summed E-state index contributed by atoms with van der Waals surface area (Å²) in [6.07, 6.45) is 8.92. The van der Waals surface area contributed by atoms with Crippen LogP contribution in [0.4, 0.5) is 0 Å². The lowest BCUT2D eigenvalue weighted by atomic mass is 10.1. The first-order chi connectivity index (χ1) is 5.97. The van der Waals surface area contributed by atoms with E-state index in [4.69, 9.17) is 0 Å². The maximum absolute atomic E-state index is 3.15. The highest BCUT2D eigenvalue weighted by Gasteiger charge is 2.07. The van der Waals surface area contributed by atoms with E-state index in [2.05, 4.69) is 29.0 Å². The van der Waals surface area contributed by atoms with Gasteiger partial charge in [-0.15, -0.1) is 11.8 Å². The van der Waals surface area contributed by atoms with Crippen LogP contribution in [0.15, 0.2) is 39.5 Å². The maximum Gasteiger partial charge on any atom is 0.0333 e. The molecule has 0 saturated heterocycles. The molecular weight excluding hydrogens is 184 g/mol. The van der Waals surface area contributed by atoms with E-state index in [9.17, 15) is 0 Å². The van der Waals surface area contributed by atoms with Gasteiger partial charge >= 0.3 is 0 Å². The lowest BCUT2D eigenvalue weighted by Gasteiger charge is -2.12. The molecule has 0 N–H and O–H groups in total. The topological polar surface area (TPSA) is 0 Å². The first-order valence-electron chi connectivity index (χ1n) is 3.92. The quantitative estimate of drug-likeness (QED) is 0.620. The zero-order valence-corrected chi connectivity index (χ0v) is 8.25. The molecule has 0 unspecified atom stereocenters. The van der Waals surface area contributed by atoms with Crippen LogP contribution in [0.2, 0.25) is 0 Å². The molecule has 1 radical (unpaired) electrons. The first kappa shape index (κ1) is 8.27. The van der Waals surface area contributed by atoms with Crippen LogP contribution in [-0.2, 0) is 0 Å². The Labute approximate surface area is 81.5 Å². The number of rotatable bonds is 1. The Morgan fingerprint density at radius 1 is 1.42 bits per heavy atom. The van der Waals surface area contributed by atoms with E-state index in [1.54, 1.807) is 23.5 Å². The summed E-state index contributed by atoms with van der Waals surface area (Å²) >= 11 is 3.42.